The minimum Gasteiger partial charge on any atom is -0.242 e. The van der Waals surface area contributed by atoms with Gasteiger partial charge in [-0.2, -0.15) is 0 Å². The van der Waals surface area contributed by atoms with Gasteiger partial charge in [-0.15, -0.1) is 0 Å². The van der Waals surface area contributed by atoms with Gasteiger partial charge < -0.3 is 0 Å². The van der Waals surface area contributed by atoms with Crippen LogP contribution >= 0.6 is 0 Å². The Morgan fingerprint density at radius 2 is 1.46 bits per heavy atom. The van der Waals surface area contributed by atoms with Crippen LogP contribution in [-0.2, 0) is 19.7 Å². The van der Waals surface area contributed by atoms with Crippen LogP contribution < -0.4 is 0 Å². The van der Waals surface area contributed by atoms with Crippen LogP contribution in [-0.4, -0.2) is 32.5 Å². The third-order valence-corrected chi connectivity index (χ3v) is 9.34. The smallest absolute Gasteiger partial charge is 0.226 e. The topological polar surface area (TPSA) is 106 Å². The molecule has 4 aromatic rings. The predicted octanol–water partition coefficient (Wildman–Crippen LogP) is 4.55. The largest absolute Gasteiger partial charge is 0.242 e. The Morgan fingerprint density at radius 1 is 0.771 bits per heavy atom. The fraction of sp³-hybridized carbons (Fsp3) is 0.115. The van der Waals surface area contributed by atoms with Crippen molar-refractivity contribution in [1.82, 2.24) is 9.97 Å². The summed E-state index contributed by atoms with van der Waals surface area (Å²) in [6.45, 7) is 5.59. The molecule has 1 aromatic heterocycles. The molecule has 0 saturated carbocycles. The number of nitrogens with zero attached hydrogens (tertiary/aromatic N) is 3. The summed E-state index contributed by atoms with van der Waals surface area (Å²) < 4.78 is 54.8. The van der Waals surface area contributed by atoms with Gasteiger partial charge in [-0.3, -0.25) is 0 Å². The summed E-state index contributed by atoms with van der Waals surface area (Å²) in [6.07, 6.45) is 0.958. The average Bonchev–Trinajstić information content (AvgIpc) is 2.92. The summed E-state index contributed by atoms with van der Waals surface area (Å²) >= 11 is 0. The molecule has 1 aliphatic rings. The van der Waals surface area contributed by atoms with Crippen LogP contribution in [0.1, 0.15) is 27.8 Å². The summed E-state index contributed by atoms with van der Waals surface area (Å²) in [5.74, 6) is 0. The first-order chi connectivity index (χ1) is 16.6. The molecule has 0 N–H and O–H groups in total. The summed E-state index contributed by atoms with van der Waals surface area (Å²) in [7, 11) is -8.41. The summed E-state index contributed by atoms with van der Waals surface area (Å²) in [5.41, 5.74) is 3.71. The van der Waals surface area contributed by atoms with Crippen molar-refractivity contribution in [2.45, 2.75) is 40.6 Å². The second-order valence-electron chi connectivity index (χ2n) is 8.43. The van der Waals surface area contributed by atoms with Crippen LogP contribution in [0.3, 0.4) is 0 Å². The summed E-state index contributed by atoms with van der Waals surface area (Å²) in [4.78, 5) is 12.7. The molecule has 35 heavy (non-hydrogen) atoms. The Labute approximate surface area is 204 Å². The number of rotatable bonds is 3. The minimum absolute atomic E-state index is 0.00774. The number of hydrogen-bond donors (Lipinski definition) is 0. The Morgan fingerprint density at radius 3 is 2.17 bits per heavy atom. The standard InChI is InChI=1S/C26H21N3O4S2/c1-16-8-11-19(12-9-16)34(30,31)25-24-26(28-15-27-25)35(32,33)22-13-10-17(2)14-21(22)23(29-24)20-7-5-4-6-18(20)3/h4-15H,1-3H3. The zero-order valence-corrected chi connectivity index (χ0v) is 20.9. The number of fused-ring (bicyclic) bond motifs is 2. The maximum atomic E-state index is 13.8. The zero-order chi connectivity index (χ0) is 25.0. The van der Waals surface area contributed by atoms with Crippen molar-refractivity contribution in [2.75, 3.05) is 0 Å². The van der Waals surface area contributed by atoms with Crippen molar-refractivity contribution in [3.05, 3.63) is 101 Å². The first-order valence-electron chi connectivity index (χ1n) is 10.8. The molecular weight excluding hydrogens is 482 g/mol. The van der Waals surface area contributed by atoms with Gasteiger partial charge in [0, 0.05) is 11.1 Å². The second kappa shape index (κ2) is 8.21. The molecule has 0 atom stereocenters. The highest BCUT2D eigenvalue weighted by molar-refractivity contribution is 7.92. The number of aryl methyl sites for hydroxylation is 3. The van der Waals surface area contributed by atoms with Crippen molar-refractivity contribution in [3.8, 4) is 0 Å². The molecule has 0 fully saturated rings. The van der Waals surface area contributed by atoms with Gasteiger partial charge >= 0.3 is 0 Å². The van der Waals surface area contributed by atoms with E-state index in [-0.39, 0.29) is 15.5 Å². The highest BCUT2D eigenvalue weighted by atomic mass is 32.2. The first kappa shape index (κ1) is 23.1. The van der Waals surface area contributed by atoms with Gasteiger partial charge in [0.25, 0.3) is 0 Å². The fourth-order valence-corrected chi connectivity index (χ4v) is 6.90. The van der Waals surface area contributed by atoms with Gasteiger partial charge in [0.1, 0.15) is 12.0 Å². The van der Waals surface area contributed by atoms with E-state index in [1.807, 2.05) is 45.0 Å². The molecule has 176 valence electrons. The molecule has 9 heteroatoms. The first-order valence-corrected chi connectivity index (χ1v) is 13.7. The van der Waals surface area contributed by atoms with Crippen molar-refractivity contribution < 1.29 is 16.8 Å². The number of hydrogen-bond acceptors (Lipinski definition) is 7. The molecule has 3 aromatic carbocycles. The van der Waals surface area contributed by atoms with Crippen LogP contribution in [0.5, 0.6) is 0 Å². The quantitative estimate of drug-likeness (QED) is 0.334. The maximum absolute atomic E-state index is 13.8. The predicted molar refractivity (Wildman–Crippen MR) is 132 cm³/mol. The monoisotopic (exact) mass is 503 g/mol. The molecule has 0 saturated heterocycles. The molecule has 0 unspecified atom stereocenters. The highest BCUT2D eigenvalue weighted by Gasteiger charge is 2.36. The van der Waals surface area contributed by atoms with E-state index in [1.54, 1.807) is 24.3 Å². The lowest BCUT2D eigenvalue weighted by atomic mass is 9.97. The van der Waals surface area contributed by atoms with Gasteiger partial charge in [-0.05, 0) is 50.6 Å². The second-order valence-corrected chi connectivity index (χ2v) is 12.1. The molecule has 5 rings (SSSR count). The SMILES string of the molecule is Cc1ccc(S(=O)(=O)c2ncnc3c2N=C(c2ccccc2C)c2cc(C)ccc2S3(=O)=O)cc1. The minimum atomic E-state index is -4.21. The van der Waals surface area contributed by atoms with Gasteiger partial charge in [-0.25, -0.2) is 31.8 Å². The number of benzene rings is 3. The Balaban J connectivity index is 1.91. The highest BCUT2D eigenvalue weighted by Crippen LogP contribution is 2.40. The number of aromatic nitrogens is 2. The van der Waals surface area contributed by atoms with Crippen molar-refractivity contribution in [2.24, 2.45) is 4.99 Å². The van der Waals surface area contributed by atoms with E-state index in [9.17, 15) is 16.8 Å². The maximum Gasteiger partial charge on any atom is 0.226 e. The Kier molecular flexibility index (Phi) is 5.41. The molecule has 7 nitrogen and oxygen atoms in total. The lowest BCUT2D eigenvalue weighted by molar-refractivity contribution is 0.587. The van der Waals surface area contributed by atoms with Gasteiger partial charge in [0.2, 0.25) is 19.7 Å². The van der Waals surface area contributed by atoms with E-state index in [1.165, 1.54) is 18.2 Å². The summed E-state index contributed by atoms with van der Waals surface area (Å²) in [5, 5.41) is -0.891. The third-order valence-electron chi connectivity index (χ3n) is 5.90. The van der Waals surface area contributed by atoms with Crippen LogP contribution in [0.15, 0.2) is 97.9 Å². The summed E-state index contributed by atoms with van der Waals surface area (Å²) in [6, 6.07) is 18.6. The lowest BCUT2D eigenvalue weighted by Crippen LogP contribution is -2.11. The zero-order valence-electron chi connectivity index (χ0n) is 19.2. The molecule has 0 amide bonds. The van der Waals surface area contributed by atoms with Crippen molar-refractivity contribution >= 4 is 31.1 Å². The van der Waals surface area contributed by atoms with Crippen LogP contribution in [0, 0.1) is 20.8 Å². The Hall–Kier alpha value is -3.69. The van der Waals surface area contributed by atoms with Gasteiger partial charge in [-0.1, -0.05) is 53.6 Å². The molecule has 2 heterocycles. The van der Waals surface area contributed by atoms with E-state index >= 15 is 0 Å². The van der Waals surface area contributed by atoms with E-state index in [2.05, 4.69) is 9.97 Å². The van der Waals surface area contributed by atoms with E-state index in [0.29, 0.717) is 16.8 Å². The van der Waals surface area contributed by atoms with E-state index in [4.69, 9.17) is 4.99 Å². The van der Waals surface area contributed by atoms with Gasteiger partial charge in [0.05, 0.1) is 15.5 Å². The molecule has 0 radical (unpaired) electrons. The lowest BCUT2D eigenvalue weighted by Gasteiger charge is -2.12. The van der Waals surface area contributed by atoms with E-state index < -0.39 is 29.7 Å². The van der Waals surface area contributed by atoms with Crippen molar-refractivity contribution in [1.29, 1.82) is 0 Å². The van der Waals surface area contributed by atoms with E-state index in [0.717, 1.165) is 23.0 Å². The Bertz CT molecular complexity index is 1740. The van der Waals surface area contributed by atoms with Crippen molar-refractivity contribution in [3.63, 3.8) is 0 Å². The molecule has 0 aliphatic carbocycles. The average molecular weight is 504 g/mol. The molecule has 0 bridgehead atoms. The van der Waals surface area contributed by atoms with Crippen LogP contribution in [0.4, 0.5) is 5.69 Å². The number of aliphatic imine (C=N–C) groups is 1. The number of sulfone groups is 2. The molecule has 0 spiro atoms. The molecule has 1 aliphatic heterocycles. The third kappa shape index (κ3) is 3.77. The normalized spacial score (nSPS) is 14.4. The fourth-order valence-electron chi connectivity index (χ4n) is 4.05. The van der Waals surface area contributed by atoms with Crippen LogP contribution in [0.2, 0.25) is 0 Å². The molecular formula is C26H21N3O4S2. The van der Waals surface area contributed by atoms with Gasteiger partial charge in [0.15, 0.2) is 10.1 Å². The van der Waals surface area contributed by atoms with Crippen LogP contribution in [0.25, 0.3) is 0 Å².